The van der Waals surface area contributed by atoms with Gasteiger partial charge < -0.3 is 4.90 Å². The minimum absolute atomic E-state index is 0.418. The summed E-state index contributed by atoms with van der Waals surface area (Å²) in [5, 5.41) is 0.876. The maximum atomic E-state index is 6.04. The molecular weight excluding hydrogens is 255 g/mol. The number of halogens is 2. The van der Waals surface area contributed by atoms with Crippen LogP contribution in [0.4, 0.5) is 5.69 Å². The number of aromatic nitrogens is 1. The van der Waals surface area contributed by atoms with Crippen LogP contribution in [0.1, 0.15) is 5.56 Å². The molecule has 0 amide bonds. The molecule has 0 spiro atoms. The molecule has 0 aliphatic heterocycles. The van der Waals surface area contributed by atoms with E-state index < -0.39 is 0 Å². The van der Waals surface area contributed by atoms with Gasteiger partial charge in [0.05, 0.1) is 0 Å². The number of pyridine rings is 1. The molecule has 0 atom stereocenters. The number of rotatable bonds is 3. The summed E-state index contributed by atoms with van der Waals surface area (Å²) in [5.74, 6) is 0. The van der Waals surface area contributed by atoms with Crippen molar-refractivity contribution in [2.75, 3.05) is 11.9 Å². The third-order valence-electron chi connectivity index (χ3n) is 2.50. The van der Waals surface area contributed by atoms with Gasteiger partial charge in [-0.3, -0.25) is 0 Å². The van der Waals surface area contributed by atoms with E-state index in [9.17, 15) is 0 Å². The zero-order chi connectivity index (χ0) is 12.3. The number of benzene rings is 1. The largest absolute Gasteiger partial charge is 0.370 e. The van der Waals surface area contributed by atoms with Crippen molar-refractivity contribution in [1.29, 1.82) is 0 Å². The lowest BCUT2D eigenvalue weighted by atomic mass is 10.2. The third kappa shape index (κ3) is 3.11. The van der Waals surface area contributed by atoms with E-state index in [2.05, 4.69) is 22.0 Å². The highest BCUT2D eigenvalue weighted by molar-refractivity contribution is 6.32. The monoisotopic (exact) mass is 266 g/mol. The molecule has 2 rings (SSSR count). The minimum atomic E-state index is 0.418. The van der Waals surface area contributed by atoms with Crippen molar-refractivity contribution < 1.29 is 0 Å². The maximum Gasteiger partial charge on any atom is 0.135 e. The summed E-state index contributed by atoms with van der Waals surface area (Å²) in [6.07, 6.45) is 0. The Kier molecular flexibility index (Phi) is 3.87. The number of hydrogen-bond acceptors (Lipinski definition) is 2. The Balaban J connectivity index is 2.16. The molecule has 0 saturated carbocycles. The SMILES string of the molecule is CN(Cc1ccc(Cl)nc1Cl)c1ccccc1. The normalized spacial score (nSPS) is 10.3. The van der Waals surface area contributed by atoms with Gasteiger partial charge in [0.25, 0.3) is 0 Å². The number of anilines is 1. The third-order valence-corrected chi connectivity index (χ3v) is 3.03. The Labute approximate surface area is 111 Å². The number of para-hydroxylation sites is 1. The van der Waals surface area contributed by atoms with Crippen LogP contribution >= 0.6 is 23.2 Å². The van der Waals surface area contributed by atoms with Crippen molar-refractivity contribution in [3.8, 4) is 0 Å². The van der Waals surface area contributed by atoms with Crippen LogP contribution in [0.3, 0.4) is 0 Å². The first-order valence-electron chi connectivity index (χ1n) is 5.24. The second-order valence-electron chi connectivity index (χ2n) is 3.78. The zero-order valence-electron chi connectivity index (χ0n) is 9.40. The minimum Gasteiger partial charge on any atom is -0.370 e. The first-order valence-corrected chi connectivity index (χ1v) is 5.99. The number of nitrogens with zero attached hydrogens (tertiary/aromatic N) is 2. The van der Waals surface area contributed by atoms with Crippen LogP contribution in [0.5, 0.6) is 0 Å². The van der Waals surface area contributed by atoms with Crippen molar-refractivity contribution in [2.45, 2.75) is 6.54 Å². The summed E-state index contributed by atoms with van der Waals surface area (Å²) < 4.78 is 0. The van der Waals surface area contributed by atoms with Crippen LogP contribution < -0.4 is 4.90 Å². The summed E-state index contributed by atoms with van der Waals surface area (Å²) in [7, 11) is 2.01. The standard InChI is InChI=1S/C13H12Cl2N2/c1-17(11-5-3-2-4-6-11)9-10-7-8-12(14)16-13(10)15/h2-8H,9H2,1H3. The van der Waals surface area contributed by atoms with Gasteiger partial charge in [-0.25, -0.2) is 4.98 Å². The fourth-order valence-electron chi connectivity index (χ4n) is 1.59. The van der Waals surface area contributed by atoms with Crippen molar-refractivity contribution in [3.63, 3.8) is 0 Å². The van der Waals surface area contributed by atoms with Crippen LogP contribution in [0.2, 0.25) is 10.3 Å². The van der Waals surface area contributed by atoms with E-state index >= 15 is 0 Å². The Morgan fingerprint density at radius 2 is 1.76 bits per heavy atom. The predicted octanol–water partition coefficient (Wildman–Crippen LogP) is 4.02. The van der Waals surface area contributed by atoms with Gasteiger partial charge in [0.15, 0.2) is 0 Å². The van der Waals surface area contributed by atoms with E-state index in [0.29, 0.717) is 16.9 Å². The molecular formula is C13H12Cl2N2. The van der Waals surface area contributed by atoms with E-state index in [1.165, 1.54) is 0 Å². The van der Waals surface area contributed by atoms with Gasteiger partial charge in [0.1, 0.15) is 10.3 Å². The average Bonchev–Trinajstić information content (AvgIpc) is 2.34. The zero-order valence-corrected chi connectivity index (χ0v) is 10.9. The van der Waals surface area contributed by atoms with Gasteiger partial charge >= 0.3 is 0 Å². The molecule has 88 valence electrons. The highest BCUT2D eigenvalue weighted by atomic mass is 35.5. The molecule has 1 aromatic carbocycles. The molecule has 0 fully saturated rings. The second-order valence-corrected chi connectivity index (χ2v) is 4.52. The van der Waals surface area contributed by atoms with Crippen LogP contribution in [0, 0.1) is 0 Å². The van der Waals surface area contributed by atoms with Crippen LogP contribution in [-0.4, -0.2) is 12.0 Å². The molecule has 0 bridgehead atoms. The van der Waals surface area contributed by atoms with Gasteiger partial charge in [-0.15, -0.1) is 0 Å². The van der Waals surface area contributed by atoms with Crippen LogP contribution in [-0.2, 0) is 6.54 Å². The van der Waals surface area contributed by atoms with Gasteiger partial charge in [-0.1, -0.05) is 47.5 Å². The fourth-order valence-corrected chi connectivity index (χ4v) is 1.99. The quantitative estimate of drug-likeness (QED) is 0.780. The van der Waals surface area contributed by atoms with Crippen molar-refractivity contribution in [2.24, 2.45) is 0 Å². The lowest BCUT2D eigenvalue weighted by Gasteiger charge is -2.19. The highest BCUT2D eigenvalue weighted by Gasteiger charge is 2.06. The molecule has 1 heterocycles. The molecule has 0 radical (unpaired) electrons. The van der Waals surface area contributed by atoms with E-state index in [1.807, 2.05) is 31.3 Å². The Morgan fingerprint density at radius 1 is 1.06 bits per heavy atom. The van der Waals surface area contributed by atoms with Gasteiger partial charge in [-0.05, 0) is 18.2 Å². The maximum absolute atomic E-state index is 6.04. The topological polar surface area (TPSA) is 16.1 Å². The van der Waals surface area contributed by atoms with Crippen molar-refractivity contribution in [1.82, 2.24) is 4.98 Å². The van der Waals surface area contributed by atoms with Crippen LogP contribution in [0.25, 0.3) is 0 Å². The van der Waals surface area contributed by atoms with Crippen LogP contribution in [0.15, 0.2) is 42.5 Å². The average molecular weight is 267 g/mol. The summed E-state index contributed by atoms with van der Waals surface area (Å²) in [5.41, 5.74) is 2.10. The Hall–Kier alpha value is -1.25. The Morgan fingerprint density at radius 3 is 2.41 bits per heavy atom. The molecule has 0 aliphatic rings. The summed E-state index contributed by atoms with van der Waals surface area (Å²) >= 11 is 11.8. The second kappa shape index (κ2) is 5.39. The van der Waals surface area contributed by atoms with Gasteiger partial charge in [0, 0.05) is 24.8 Å². The van der Waals surface area contributed by atoms with Crippen molar-refractivity contribution >= 4 is 28.9 Å². The van der Waals surface area contributed by atoms with E-state index in [1.54, 1.807) is 6.07 Å². The molecule has 2 aromatic rings. The molecule has 0 unspecified atom stereocenters. The first-order chi connectivity index (χ1) is 8.16. The molecule has 17 heavy (non-hydrogen) atoms. The highest BCUT2D eigenvalue weighted by Crippen LogP contribution is 2.20. The summed E-state index contributed by atoms with van der Waals surface area (Å²) in [6.45, 7) is 0.701. The van der Waals surface area contributed by atoms with E-state index in [-0.39, 0.29) is 0 Å². The first kappa shape index (κ1) is 12.2. The molecule has 2 nitrogen and oxygen atoms in total. The molecule has 1 aromatic heterocycles. The van der Waals surface area contributed by atoms with Gasteiger partial charge in [-0.2, -0.15) is 0 Å². The molecule has 0 saturated heterocycles. The number of hydrogen-bond donors (Lipinski definition) is 0. The van der Waals surface area contributed by atoms with E-state index in [4.69, 9.17) is 23.2 Å². The smallest absolute Gasteiger partial charge is 0.135 e. The lowest BCUT2D eigenvalue weighted by molar-refractivity contribution is 0.916. The Bertz CT molecular complexity index is 500. The molecule has 0 aliphatic carbocycles. The van der Waals surface area contributed by atoms with E-state index in [0.717, 1.165) is 11.3 Å². The summed E-state index contributed by atoms with van der Waals surface area (Å²) in [4.78, 5) is 6.13. The fraction of sp³-hybridized carbons (Fsp3) is 0.154. The molecule has 0 N–H and O–H groups in total. The predicted molar refractivity (Wildman–Crippen MR) is 72.8 cm³/mol. The summed E-state index contributed by atoms with van der Waals surface area (Å²) in [6, 6.07) is 13.8. The van der Waals surface area contributed by atoms with Crippen molar-refractivity contribution in [3.05, 3.63) is 58.3 Å². The molecule has 4 heteroatoms. The lowest BCUT2D eigenvalue weighted by Crippen LogP contribution is -2.16. The van der Waals surface area contributed by atoms with Gasteiger partial charge in [0.2, 0.25) is 0 Å².